The van der Waals surface area contributed by atoms with Gasteiger partial charge in [-0.1, -0.05) is 29.5 Å². The third-order valence-corrected chi connectivity index (χ3v) is 5.06. The zero-order valence-electron chi connectivity index (χ0n) is 12.1. The van der Waals surface area contributed by atoms with Crippen molar-refractivity contribution < 1.29 is 0 Å². The van der Waals surface area contributed by atoms with Gasteiger partial charge in [-0.25, -0.2) is 0 Å². The molecule has 1 aliphatic rings. The van der Waals surface area contributed by atoms with Crippen LogP contribution in [0.1, 0.15) is 23.2 Å². The topological polar surface area (TPSA) is 50.7 Å². The number of fused-ring (bicyclic) bond motifs is 2. The summed E-state index contributed by atoms with van der Waals surface area (Å²) >= 11 is 1.61. The summed E-state index contributed by atoms with van der Waals surface area (Å²) in [4.78, 5) is 4.91. The Morgan fingerprint density at radius 2 is 2.10 bits per heavy atom. The summed E-state index contributed by atoms with van der Waals surface area (Å²) in [6, 6.07) is 6.38. The molecule has 1 aliphatic carbocycles. The van der Waals surface area contributed by atoms with Crippen LogP contribution < -0.4 is 5.32 Å². The highest BCUT2D eigenvalue weighted by Gasteiger charge is 2.23. The number of hydrogen-bond acceptors (Lipinski definition) is 5. The molecule has 0 unspecified atom stereocenters. The van der Waals surface area contributed by atoms with E-state index in [-0.39, 0.29) is 0 Å². The van der Waals surface area contributed by atoms with Gasteiger partial charge in [0.25, 0.3) is 0 Å². The van der Waals surface area contributed by atoms with Crippen molar-refractivity contribution in [1.82, 2.24) is 15.2 Å². The van der Waals surface area contributed by atoms with Crippen LogP contribution in [0.4, 0.5) is 5.13 Å². The van der Waals surface area contributed by atoms with Gasteiger partial charge in [0.2, 0.25) is 5.13 Å². The van der Waals surface area contributed by atoms with E-state index < -0.39 is 0 Å². The molecule has 0 radical (unpaired) electrons. The molecule has 0 saturated heterocycles. The van der Waals surface area contributed by atoms with Crippen molar-refractivity contribution in [2.45, 2.75) is 26.2 Å². The minimum absolute atomic E-state index is 0.856. The average molecular weight is 296 g/mol. The molecule has 21 heavy (non-hydrogen) atoms. The molecule has 2 heterocycles. The van der Waals surface area contributed by atoms with E-state index in [0.29, 0.717) is 0 Å². The van der Waals surface area contributed by atoms with Gasteiger partial charge in [-0.05, 0) is 37.3 Å². The van der Waals surface area contributed by atoms with E-state index >= 15 is 0 Å². The summed E-state index contributed by atoms with van der Waals surface area (Å²) in [5.41, 5.74) is 6.19. The van der Waals surface area contributed by atoms with E-state index in [4.69, 9.17) is 4.98 Å². The Morgan fingerprint density at radius 3 is 2.90 bits per heavy atom. The third-order valence-electron chi connectivity index (χ3n) is 4.10. The number of nitrogens with zero attached hydrogens (tertiary/aromatic N) is 3. The first-order valence-electron chi connectivity index (χ1n) is 7.20. The lowest BCUT2D eigenvalue weighted by atomic mass is 10.00. The maximum absolute atomic E-state index is 4.91. The highest BCUT2D eigenvalue weighted by atomic mass is 32.1. The van der Waals surface area contributed by atoms with Crippen molar-refractivity contribution in [1.29, 1.82) is 0 Å². The van der Waals surface area contributed by atoms with E-state index in [2.05, 4.69) is 40.6 Å². The SMILES string of the molecule is CNc1nnc(-c2c3c(nc4c(C)cccc24)CCC3)s1. The molecule has 0 fully saturated rings. The van der Waals surface area contributed by atoms with E-state index in [1.165, 1.54) is 34.2 Å². The Bertz CT molecular complexity index is 838. The second-order valence-corrected chi connectivity index (χ2v) is 6.38. The number of nitrogens with one attached hydrogen (secondary N) is 1. The first-order valence-corrected chi connectivity index (χ1v) is 8.02. The van der Waals surface area contributed by atoms with Gasteiger partial charge in [0.05, 0.1) is 5.52 Å². The lowest BCUT2D eigenvalue weighted by Gasteiger charge is -2.11. The van der Waals surface area contributed by atoms with Gasteiger partial charge in [0.15, 0.2) is 5.01 Å². The minimum atomic E-state index is 0.856. The molecule has 0 aliphatic heterocycles. The number of rotatable bonds is 2. The van der Waals surface area contributed by atoms with Gasteiger partial charge in [0, 0.05) is 23.7 Å². The molecule has 0 atom stereocenters. The monoisotopic (exact) mass is 296 g/mol. The first kappa shape index (κ1) is 12.7. The zero-order valence-corrected chi connectivity index (χ0v) is 12.9. The van der Waals surface area contributed by atoms with E-state index in [9.17, 15) is 0 Å². The molecule has 5 heteroatoms. The average Bonchev–Trinajstić information content (AvgIpc) is 3.14. The molecule has 4 nitrogen and oxygen atoms in total. The quantitative estimate of drug-likeness (QED) is 0.785. The minimum Gasteiger partial charge on any atom is -0.363 e. The van der Waals surface area contributed by atoms with Crippen LogP contribution in [-0.2, 0) is 12.8 Å². The molecule has 0 amide bonds. The molecular weight excluding hydrogens is 280 g/mol. The molecule has 106 valence electrons. The molecule has 4 rings (SSSR count). The van der Waals surface area contributed by atoms with Crippen molar-refractivity contribution in [3.63, 3.8) is 0 Å². The standard InChI is InChI=1S/C16H16N4S/c1-9-5-3-7-11-13(15-19-20-16(17-2)21-15)10-6-4-8-12(10)18-14(9)11/h3,5,7H,4,6,8H2,1-2H3,(H,17,20). The molecule has 0 saturated carbocycles. The Morgan fingerprint density at radius 1 is 1.19 bits per heavy atom. The van der Waals surface area contributed by atoms with Crippen LogP contribution in [0, 0.1) is 6.92 Å². The fraction of sp³-hybridized carbons (Fsp3) is 0.312. The lowest BCUT2D eigenvalue weighted by Crippen LogP contribution is -1.96. The number of anilines is 1. The summed E-state index contributed by atoms with van der Waals surface area (Å²) in [6.07, 6.45) is 3.35. The van der Waals surface area contributed by atoms with Crippen LogP contribution >= 0.6 is 11.3 Å². The number of hydrogen-bond donors (Lipinski definition) is 1. The van der Waals surface area contributed by atoms with Crippen molar-refractivity contribution >= 4 is 27.4 Å². The van der Waals surface area contributed by atoms with Crippen molar-refractivity contribution in [3.8, 4) is 10.6 Å². The van der Waals surface area contributed by atoms with Crippen LogP contribution in [-0.4, -0.2) is 22.2 Å². The largest absolute Gasteiger partial charge is 0.363 e. The predicted molar refractivity (Wildman–Crippen MR) is 87.0 cm³/mol. The van der Waals surface area contributed by atoms with Gasteiger partial charge in [-0.2, -0.15) is 0 Å². The number of benzene rings is 1. The molecule has 3 aromatic rings. The predicted octanol–water partition coefficient (Wildman–Crippen LogP) is 3.59. The van der Waals surface area contributed by atoms with Crippen LogP contribution in [0.15, 0.2) is 18.2 Å². The van der Waals surface area contributed by atoms with Crippen LogP contribution in [0.5, 0.6) is 0 Å². The highest BCUT2D eigenvalue weighted by molar-refractivity contribution is 7.18. The molecule has 1 N–H and O–H groups in total. The summed E-state index contributed by atoms with van der Waals surface area (Å²) in [5.74, 6) is 0. The van der Waals surface area contributed by atoms with Gasteiger partial charge in [0.1, 0.15) is 0 Å². The summed E-state index contributed by atoms with van der Waals surface area (Å²) < 4.78 is 0. The Kier molecular flexibility index (Phi) is 2.89. The fourth-order valence-corrected chi connectivity index (χ4v) is 3.88. The Labute approximate surface area is 127 Å². The molecule has 0 bridgehead atoms. The second kappa shape index (κ2) is 4.77. The van der Waals surface area contributed by atoms with Crippen LogP contribution in [0.2, 0.25) is 0 Å². The van der Waals surface area contributed by atoms with Gasteiger partial charge in [-0.3, -0.25) is 4.98 Å². The first-order chi connectivity index (χ1) is 10.3. The van der Waals surface area contributed by atoms with Gasteiger partial charge >= 0.3 is 0 Å². The van der Waals surface area contributed by atoms with Crippen LogP contribution in [0.25, 0.3) is 21.5 Å². The number of pyridine rings is 1. The van der Waals surface area contributed by atoms with Crippen molar-refractivity contribution in [2.24, 2.45) is 0 Å². The summed E-state index contributed by atoms with van der Waals surface area (Å²) in [6.45, 7) is 2.12. The van der Waals surface area contributed by atoms with Gasteiger partial charge < -0.3 is 5.32 Å². The fourth-order valence-electron chi connectivity index (χ4n) is 3.10. The Hall–Kier alpha value is -2.01. The lowest BCUT2D eigenvalue weighted by molar-refractivity contribution is 0.901. The summed E-state index contributed by atoms with van der Waals surface area (Å²) in [5, 5.41) is 14.7. The Balaban J connectivity index is 2.08. The van der Waals surface area contributed by atoms with E-state index in [0.717, 1.165) is 28.5 Å². The van der Waals surface area contributed by atoms with E-state index in [1.54, 1.807) is 11.3 Å². The summed E-state index contributed by atoms with van der Waals surface area (Å²) in [7, 11) is 1.88. The molecule has 0 spiro atoms. The number of aryl methyl sites for hydroxylation is 2. The smallest absolute Gasteiger partial charge is 0.205 e. The zero-order chi connectivity index (χ0) is 14.4. The third kappa shape index (κ3) is 1.92. The molecular formula is C16H16N4S. The van der Waals surface area contributed by atoms with Gasteiger partial charge in [-0.15, -0.1) is 10.2 Å². The van der Waals surface area contributed by atoms with Crippen LogP contribution in [0.3, 0.4) is 0 Å². The van der Waals surface area contributed by atoms with Crippen molar-refractivity contribution in [2.75, 3.05) is 12.4 Å². The second-order valence-electron chi connectivity index (χ2n) is 5.40. The highest BCUT2D eigenvalue weighted by Crippen LogP contribution is 2.39. The normalized spacial score (nSPS) is 13.6. The van der Waals surface area contributed by atoms with Crippen molar-refractivity contribution in [3.05, 3.63) is 35.0 Å². The van der Waals surface area contributed by atoms with E-state index in [1.807, 2.05) is 7.05 Å². The maximum atomic E-state index is 4.91. The molecule has 1 aromatic carbocycles. The number of para-hydroxylation sites is 1. The molecule has 2 aromatic heterocycles. The number of aromatic nitrogens is 3. The maximum Gasteiger partial charge on any atom is 0.205 e.